The van der Waals surface area contributed by atoms with E-state index < -0.39 is 0 Å². The molecule has 0 unspecified atom stereocenters. The number of nitrogens with two attached hydrogens (primary N) is 1. The zero-order valence-electron chi connectivity index (χ0n) is 11.3. The minimum atomic E-state index is 0.524. The van der Waals surface area contributed by atoms with E-state index in [1.807, 2.05) is 6.07 Å². The van der Waals surface area contributed by atoms with Crippen molar-refractivity contribution in [2.75, 3.05) is 32.2 Å². The molecule has 102 valence electrons. The lowest BCUT2D eigenvalue weighted by Crippen LogP contribution is -2.07. The largest absolute Gasteiger partial charge is 0.493 e. The minimum absolute atomic E-state index is 0.524. The predicted molar refractivity (Wildman–Crippen MR) is 73.2 cm³/mol. The fourth-order valence-electron chi connectivity index (χ4n) is 1.45. The third kappa shape index (κ3) is 5.77. The van der Waals surface area contributed by atoms with Crippen molar-refractivity contribution >= 4 is 5.69 Å². The summed E-state index contributed by atoms with van der Waals surface area (Å²) in [6.07, 6.45) is 1.99. The second-order valence-electron chi connectivity index (χ2n) is 4.05. The van der Waals surface area contributed by atoms with Crippen LogP contribution in [-0.4, -0.2) is 26.4 Å². The quantitative estimate of drug-likeness (QED) is 0.543. The van der Waals surface area contributed by atoms with Crippen molar-refractivity contribution in [3.8, 4) is 11.5 Å². The van der Waals surface area contributed by atoms with E-state index >= 15 is 0 Å². The molecule has 0 saturated carbocycles. The van der Waals surface area contributed by atoms with Gasteiger partial charge in [-0.05, 0) is 12.8 Å². The summed E-state index contributed by atoms with van der Waals surface area (Å²) >= 11 is 0. The summed E-state index contributed by atoms with van der Waals surface area (Å²) in [6.45, 7) is 6.71. The Bertz CT molecular complexity index is 342. The molecule has 0 amide bonds. The number of hydrogen-bond donors (Lipinski definition) is 1. The van der Waals surface area contributed by atoms with Gasteiger partial charge in [-0.25, -0.2) is 0 Å². The third-order valence-electron chi connectivity index (χ3n) is 2.22. The molecule has 0 atom stereocenters. The topological polar surface area (TPSA) is 53.7 Å². The second-order valence-corrected chi connectivity index (χ2v) is 4.05. The van der Waals surface area contributed by atoms with Crippen LogP contribution in [0.2, 0.25) is 0 Å². The predicted octanol–water partition coefficient (Wildman–Crippen LogP) is 2.86. The molecular formula is C14H23NO3. The molecule has 0 aliphatic carbocycles. The van der Waals surface area contributed by atoms with Crippen LogP contribution in [0.4, 0.5) is 5.69 Å². The van der Waals surface area contributed by atoms with Gasteiger partial charge >= 0.3 is 0 Å². The first-order chi connectivity index (χ1) is 8.76. The van der Waals surface area contributed by atoms with Crippen LogP contribution in [0.5, 0.6) is 11.5 Å². The molecule has 0 aliphatic rings. The van der Waals surface area contributed by atoms with Crippen molar-refractivity contribution in [1.29, 1.82) is 0 Å². The van der Waals surface area contributed by atoms with Gasteiger partial charge < -0.3 is 19.9 Å². The summed E-state index contributed by atoms with van der Waals surface area (Å²) in [6, 6.07) is 5.45. The standard InChI is InChI=1S/C14H23NO3/c1-3-5-16-7-8-18-14-10-12(15)9-13(11-14)17-6-4-2/h9-11H,3-8,15H2,1-2H3. The molecule has 1 rings (SSSR count). The lowest BCUT2D eigenvalue weighted by Gasteiger charge is -2.10. The van der Waals surface area contributed by atoms with Crippen LogP contribution >= 0.6 is 0 Å². The zero-order valence-corrected chi connectivity index (χ0v) is 11.3. The van der Waals surface area contributed by atoms with E-state index in [1.54, 1.807) is 12.1 Å². The molecule has 18 heavy (non-hydrogen) atoms. The zero-order chi connectivity index (χ0) is 13.2. The molecule has 0 spiro atoms. The highest BCUT2D eigenvalue weighted by Crippen LogP contribution is 2.24. The molecule has 0 aliphatic heterocycles. The van der Waals surface area contributed by atoms with Gasteiger partial charge in [-0.2, -0.15) is 0 Å². The Morgan fingerprint density at radius 3 is 2.06 bits per heavy atom. The van der Waals surface area contributed by atoms with Crippen molar-refractivity contribution in [2.45, 2.75) is 26.7 Å². The summed E-state index contributed by atoms with van der Waals surface area (Å²) < 4.78 is 16.4. The summed E-state index contributed by atoms with van der Waals surface area (Å²) in [5, 5.41) is 0. The minimum Gasteiger partial charge on any atom is -0.493 e. The Labute approximate surface area is 109 Å². The van der Waals surface area contributed by atoms with E-state index in [-0.39, 0.29) is 0 Å². The summed E-state index contributed by atoms with van der Waals surface area (Å²) in [5.41, 5.74) is 6.44. The number of rotatable bonds is 9. The van der Waals surface area contributed by atoms with Gasteiger partial charge in [0.15, 0.2) is 0 Å². The van der Waals surface area contributed by atoms with E-state index in [1.165, 1.54) is 0 Å². The van der Waals surface area contributed by atoms with Crippen LogP contribution < -0.4 is 15.2 Å². The molecule has 0 aromatic heterocycles. The van der Waals surface area contributed by atoms with Gasteiger partial charge in [0.05, 0.1) is 13.2 Å². The van der Waals surface area contributed by atoms with Gasteiger partial charge in [0.25, 0.3) is 0 Å². The average Bonchev–Trinajstić information content (AvgIpc) is 2.35. The Balaban J connectivity index is 2.41. The maximum Gasteiger partial charge on any atom is 0.125 e. The Kier molecular flexibility index (Phi) is 7.03. The SMILES string of the molecule is CCCOCCOc1cc(N)cc(OCCC)c1. The van der Waals surface area contributed by atoms with Gasteiger partial charge in [-0.15, -0.1) is 0 Å². The van der Waals surface area contributed by atoms with E-state index in [0.29, 0.717) is 25.5 Å². The molecule has 0 radical (unpaired) electrons. The van der Waals surface area contributed by atoms with Gasteiger partial charge in [-0.3, -0.25) is 0 Å². The molecule has 0 heterocycles. The maximum absolute atomic E-state index is 5.79. The van der Waals surface area contributed by atoms with E-state index in [2.05, 4.69) is 13.8 Å². The highest BCUT2D eigenvalue weighted by Gasteiger charge is 2.01. The molecule has 4 nitrogen and oxygen atoms in total. The first kappa shape index (κ1) is 14.6. The molecular weight excluding hydrogens is 230 g/mol. The fraction of sp³-hybridized carbons (Fsp3) is 0.571. The van der Waals surface area contributed by atoms with Gasteiger partial charge in [0.1, 0.15) is 18.1 Å². The fourth-order valence-corrected chi connectivity index (χ4v) is 1.45. The van der Waals surface area contributed by atoms with Crippen molar-refractivity contribution in [3.63, 3.8) is 0 Å². The first-order valence-electron chi connectivity index (χ1n) is 6.50. The smallest absolute Gasteiger partial charge is 0.125 e. The van der Waals surface area contributed by atoms with E-state index in [9.17, 15) is 0 Å². The molecule has 1 aromatic rings. The number of nitrogen functional groups attached to an aromatic ring is 1. The highest BCUT2D eigenvalue weighted by molar-refractivity contribution is 5.50. The molecule has 4 heteroatoms. The van der Waals surface area contributed by atoms with Crippen LogP contribution in [-0.2, 0) is 4.74 Å². The Morgan fingerprint density at radius 1 is 0.833 bits per heavy atom. The van der Waals surface area contributed by atoms with Crippen LogP contribution in [0.25, 0.3) is 0 Å². The summed E-state index contributed by atoms with van der Waals surface area (Å²) in [4.78, 5) is 0. The van der Waals surface area contributed by atoms with Crippen molar-refractivity contribution in [2.24, 2.45) is 0 Å². The van der Waals surface area contributed by atoms with E-state index in [4.69, 9.17) is 19.9 Å². The lowest BCUT2D eigenvalue weighted by atomic mass is 10.3. The van der Waals surface area contributed by atoms with Crippen molar-refractivity contribution in [3.05, 3.63) is 18.2 Å². The lowest BCUT2D eigenvalue weighted by molar-refractivity contribution is 0.100. The number of hydrogen-bond acceptors (Lipinski definition) is 4. The van der Waals surface area contributed by atoms with Crippen LogP contribution in [0.1, 0.15) is 26.7 Å². The van der Waals surface area contributed by atoms with Gasteiger partial charge in [0, 0.05) is 30.5 Å². The average molecular weight is 253 g/mol. The monoisotopic (exact) mass is 253 g/mol. The second kappa shape index (κ2) is 8.64. The van der Waals surface area contributed by atoms with Gasteiger partial charge in [-0.1, -0.05) is 13.8 Å². The number of ether oxygens (including phenoxy) is 3. The molecule has 2 N–H and O–H groups in total. The molecule has 0 bridgehead atoms. The maximum atomic E-state index is 5.79. The molecule has 1 aromatic carbocycles. The summed E-state index contributed by atoms with van der Waals surface area (Å²) in [7, 11) is 0. The van der Waals surface area contributed by atoms with Crippen molar-refractivity contribution in [1.82, 2.24) is 0 Å². The normalized spacial score (nSPS) is 10.3. The van der Waals surface area contributed by atoms with Crippen LogP contribution in [0, 0.1) is 0 Å². The number of benzene rings is 1. The van der Waals surface area contributed by atoms with Crippen LogP contribution in [0.15, 0.2) is 18.2 Å². The Morgan fingerprint density at radius 2 is 1.44 bits per heavy atom. The third-order valence-corrected chi connectivity index (χ3v) is 2.22. The Hall–Kier alpha value is -1.42. The van der Waals surface area contributed by atoms with E-state index in [0.717, 1.165) is 30.9 Å². The van der Waals surface area contributed by atoms with Gasteiger partial charge in [0.2, 0.25) is 0 Å². The van der Waals surface area contributed by atoms with Crippen LogP contribution in [0.3, 0.4) is 0 Å². The molecule has 0 fully saturated rings. The number of anilines is 1. The summed E-state index contributed by atoms with van der Waals surface area (Å²) in [5.74, 6) is 1.47. The first-order valence-corrected chi connectivity index (χ1v) is 6.50. The molecule has 0 saturated heterocycles. The highest BCUT2D eigenvalue weighted by atomic mass is 16.5. The van der Waals surface area contributed by atoms with Crippen molar-refractivity contribution < 1.29 is 14.2 Å².